The van der Waals surface area contributed by atoms with Gasteiger partial charge in [-0.3, -0.25) is 9.59 Å². The Kier molecular flexibility index (Phi) is 8.54. The minimum atomic E-state index is -0.263. The van der Waals surface area contributed by atoms with Crippen LogP contribution < -0.4 is 10.1 Å². The van der Waals surface area contributed by atoms with E-state index < -0.39 is 0 Å². The third kappa shape index (κ3) is 6.23. The van der Waals surface area contributed by atoms with E-state index >= 15 is 0 Å². The molecule has 1 aromatic rings. The van der Waals surface area contributed by atoms with Crippen molar-refractivity contribution in [3.8, 4) is 5.75 Å². The topological polar surface area (TPSA) is 82.1 Å². The van der Waals surface area contributed by atoms with Crippen molar-refractivity contribution >= 4 is 17.5 Å². The van der Waals surface area contributed by atoms with E-state index in [1.54, 1.807) is 4.90 Å². The third-order valence-electron chi connectivity index (χ3n) is 6.71. The summed E-state index contributed by atoms with van der Waals surface area (Å²) < 4.78 is 6.43. The SMILES string of the molecule is C[C@@H]1CN([C@H](C)CO)C(=O)Cc2cc(NC(=O)C3CCCCC3)ccc2O[C@@H]1CN(C)C. The number of amides is 2. The van der Waals surface area contributed by atoms with Gasteiger partial charge >= 0.3 is 0 Å². The summed E-state index contributed by atoms with van der Waals surface area (Å²) in [6.45, 7) is 5.12. The number of rotatable bonds is 6. The minimum absolute atomic E-state index is 0.0375. The first kappa shape index (κ1) is 24.5. The van der Waals surface area contributed by atoms with Crippen LogP contribution in [-0.2, 0) is 16.0 Å². The van der Waals surface area contributed by atoms with Crippen LogP contribution in [0.1, 0.15) is 51.5 Å². The van der Waals surface area contributed by atoms with Crippen molar-refractivity contribution in [2.24, 2.45) is 11.8 Å². The molecular weight excluding hydrogens is 406 g/mol. The standard InChI is InChI=1S/C25H39N3O4/c1-17-14-28(18(2)16-29)24(30)13-20-12-21(26-25(31)19-8-6-5-7-9-19)10-11-22(20)32-23(17)15-27(3)4/h10-12,17-19,23,29H,5-9,13-16H2,1-4H3,(H,26,31)/t17-,18-,23-/m1/s1. The van der Waals surface area contributed by atoms with E-state index in [4.69, 9.17) is 4.74 Å². The van der Waals surface area contributed by atoms with Gasteiger partial charge in [-0.1, -0.05) is 26.2 Å². The van der Waals surface area contributed by atoms with Gasteiger partial charge in [0.05, 0.1) is 19.1 Å². The number of benzene rings is 1. The molecule has 1 aromatic carbocycles. The van der Waals surface area contributed by atoms with E-state index in [2.05, 4.69) is 17.1 Å². The molecule has 2 amide bonds. The molecule has 0 unspecified atom stereocenters. The number of nitrogens with zero attached hydrogens (tertiary/aromatic N) is 2. The Labute approximate surface area is 192 Å². The van der Waals surface area contributed by atoms with Crippen LogP contribution in [0.2, 0.25) is 0 Å². The molecule has 1 heterocycles. The molecule has 3 atom stereocenters. The highest BCUT2D eigenvalue weighted by molar-refractivity contribution is 5.93. The maximum atomic E-state index is 13.2. The molecule has 3 rings (SSSR count). The molecule has 178 valence electrons. The second-order valence-corrected chi connectivity index (χ2v) is 9.80. The van der Waals surface area contributed by atoms with Crippen molar-refractivity contribution in [1.82, 2.24) is 9.80 Å². The summed E-state index contributed by atoms with van der Waals surface area (Å²) in [6.07, 6.45) is 5.37. The number of fused-ring (bicyclic) bond motifs is 1. The molecule has 32 heavy (non-hydrogen) atoms. The van der Waals surface area contributed by atoms with Gasteiger partial charge in [-0.2, -0.15) is 0 Å². The average molecular weight is 446 g/mol. The van der Waals surface area contributed by atoms with Gasteiger partial charge in [0.15, 0.2) is 0 Å². The van der Waals surface area contributed by atoms with E-state index in [-0.39, 0.29) is 48.8 Å². The van der Waals surface area contributed by atoms with Crippen molar-refractivity contribution in [2.75, 3.05) is 39.1 Å². The van der Waals surface area contributed by atoms with Gasteiger partial charge < -0.3 is 25.0 Å². The Morgan fingerprint density at radius 1 is 1.28 bits per heavy atom. The number of hydrogen-bond donors (Lipinski definition) is 2. The fraction of sp³-hybridized carbons (Fsp3) is 0.680. The summed E-state index contributed by atoms with van der Waals surface area (Å²) in [4.78, 5) is 29.8. The average Bonchev–Trinajstić information content (AvgIpc) is 2.81. The molecule has 0 radical (unpaired) electrons. The van der Waals surface area contributed by atoms with Crippen LogP contribution in [0.3, 0.4) is 0 Å². The van der Waals surface area contributed by atoms with Gasteiger partial charge in [-0.05, 0) is 52.1 Å². The predicted octanol–water partition coefficient (Wildman–Crippen LogP) is 2.92. The van der Waals surface area contributed by atoms with Gasteiger partial charge in [-0.15, -0.1) is 0 Å². The van der Waals surface area contributed by atoms with Gasteiger partial charge in [0.25, 0.3) is 0 Å². The second kappa shape index (κ2) is 11.1. The first-order valence-corrected chi connectivity index (χ1v) is 11.9. The van der Waals surface area contributed by atoms with Crippen LogP contribution >= 0.6 is 0 Å². The summed E-state index contributed by atoms with van der Waals surface area (Å²) in [7, 11) is 4.01. The van der Waals surface area contributed by atoms with E-state index in [0.717, 1.165) is 37.8 Å². The summed E-state index contributed by atoms with van der Waals surface area (Å²) in [5.41, 5.74) is 1.47. The Bertz CT molecular complexity index is 791. The molecule has 0 saturated heterocycles. The number of anilines is 1. The summed E-state index contributed by atoms with van der Waals surface area (Å²) in [6, 6.07) is 5.35. The molecule has 0 bridgehead atoms. The van der Waals surface area contributed by atoms with Crippen LogP contribution in [-0.4, -0.2) is 72.7 Å². The van der Waals surface area contributed by atoms with Crippen LogP contribution in [0, 0.1) is 11.8 Å². The van der Waals surface area contributed by atoms with Crippen LogP contribution in [0.5, 0.6) is 5.75 Å². The highest BCUT2D eigenvalue weighted by atomic mass is 16.5. The van der Waals surface area contributed by atoms with Crippen molar-refractivity contribution in [3.63, 3.8) is 0 Å². The first-order valence-electron chi connectivity index (χ1n) is 11.9. The quantitative estimate of drug-likeness (QED) is 0.704. The Morgan fingerprint density at radius 2 is 2.00 bits per heavy atom. The molecule has 2 N–H and O–H groups in total. The maximum absolute atomic E-state index is 13.2. The zero-order valence-corrected chi connectivity index (χ0v) is 20.0. The number of likely N-dealkylation sites (N-methyl/N-ethyl adjacent to an activating group) is 1. The smallest absolute Gasteiger partial charge is 0.227 e. The zero-order chi connectivity index (χ0) is 23.3. The van der Waals surface area contributed by atoms with Crippen LogP contribution in [0.25, 0.3) is 0 Å². The molecule has 1 aliphatic carbocycles. The van der Waals surface area contributed by atoms with Crippen molar-refractivity contribution in [2.45, 2.75) is 64.5 Å². The van der Waals surface area contributed by atoms with Crippen LogP contribution in [0.4, 0.5) is 5.69 Å². The summed E-state index contributed by atoms with van der Waals surface area (Å²) in [5.74, 6) is 0.871. The lowest BCUT2D eigenvalue weighted by molar-refractivity contribution is -0.134. The molecule has 2 aliphatic rings. The monoisotopic (exact) mass is 445 g/mol. The number of ether oxygens (including phenoxy) is 1. The van der Waals surface area contributed by atoms with Crippen molar-refractivity contribution in [3.05, 3.63) is 23.8 Å². The third-order valence-corrected chi connectivity index (χ3v) is 6.71. The van der Waals surface area contributed by atoms with Crippen molar-refractivity contribution in [1.29, 1.82) is 0 Å². The first-order chi connectivity index (χ1) is 15.3. The van der Waals surface area contributed by atoms with Gasteiger partial charge in [0.2, 0.25) is 11.8 Å². The Morgan fingerprint density at radius 3 is 2.66 bits per heavy atom. The summed E-state index contributed by atoms with van der Waals surface area (Å²) >= 11 is 0. The fourth-order valence-electron chi connectivity index (χ4n) is 4.69. The number of nitrogens with one attached hydrogen (secondary N) is 1. The highest BCUT2D eigenvalue weighted by Gasteiger charge is 2.31. The zero-order valence-electron chi connectivity index (χ0n) is 20.0. The Hall–Kier alpha value is -2.12. The van der Waals surface area contributed by atoms with E-state index in [1.807, 2.05) is 39.2 Å². The molecule has 0 spiro atoms. The number of carbonyl (C=O) groups excluding carboxylic acids is 2. The maximum Gasteiger partial charge on any atom is 0.227 e. The fourth-order valence-corrected chi connectivity index (χ4v) is 4.69. The molecule has 1 aliphatic heterocycles. The normalized spacial score (nSPS) is 23.6. The van der Waals surface area contributed by atoms with Crippen molar-refractivity contribution < 1.29 is 19.4 Å². The lowest BCUT2D eigenvalue weighted by Gasteiger charge is -2.33. The lowest BCUT2D eigenvalue weighted by atomic mass is 9.88. The van der Waals surface area contributed by atoms with Gasteiger partial charge in [0, 0.05) is 36.2 Å². The van der Waals surface area contributed by atoms with E-state index in [1.165, 1.54) is 6.42 Å². The molecule has 7 nitrogen and oxygen atoms in total. The van der Waals surface area contributed by atoms with Gasteiger partial charge in [-0.25, -0.2) is 0 Å². The number of carbonyl (C=O) groups is 2. The number of hydrogen-bond acceptors (Lipinski definition) is 5. The predicted molar refractivity (Wildman–Crippen MR) is 126 cm³/mol. The molecule has 0 aromatic heterocycles. The molecule has 1 saturated carbocycles. The Balaban J connectivity index is 1.87. The second-order valence-electron chi connectivity index (χ2n) is 9.80. The van der Waals surface area contributed by atoms with E-state index in [9.17, 15) is 14.7 Å². The van der Waals surface area contributed by atoms with E-state index in [0.29, 0.717) is 18.0 Å². The molecule has 7 heteroatoms. The molecule has 1 fully saturated rings. The number of aliphatic hydroxyl groups excluding tert-OH is 1. The number of aliphatic hydroxyl groups is 1. The molecular formula is C25H39N3O4. The lowest BCUT2D eigenvalue weighted by Crippen LogP contribution is -2.47. The van der Waals surface area contributed by atoms with Crippen LogP contribution in [0.15, 0.2) is 18.2 Å². The highest BCUT2D eigenvalue weighted by Crippen LogP contribution is 2.30. The minimum Gasteiger partial charge on any atom is -0.488 e. The van der Waals surface area contributed by atoms with Gasteiger partial charge in [0.1, 0.15) is 11.9 Å². The summed E-state index contributed by atoms with van der Waals surface area (Å²) in [5, 5.41) is 12.8. The largest absolute Gasteiger partial charge is 0.488 e.